The standard InChI is InChI=1S/C21H18FNO3/c1-3-17-13(2)20(16-9-4-5-10-18(16)23-17)21(25)26-12-19(24)14-7-6-8-15(22)11-14/h4-11H,3,12H2,1-2H3. The lowest BCUT2D eigenvalue weighted by molar-refractivity contribution is 0.0475. The fraction of sp³-hybridized carbons (Fsp3) is 0.190. The molecule has 3 aromatic rings. The third-order valence-corrected chi connectivity index (χ3v) is 4.26. The predicted molar refractivity (Wildman–Crippen MR) is 96.9 cm³/mol. The summed E-state index contributed by atoms with van der Waals surface area (Å²) in [4.78, 5) is 29.4. The van der Waals surface area contributed by atoms with Crippen LogP contribution in [-0.2, 0) is 11.2 Å². The molecule has 0 unspecified atom stereocenters. The van der Waals surface area contributed by atoms with Gasteiger partial charge in [0.05, 0.1) is 11.1 Å². The van der Waals surface area contributed by atoms with Crippen LogP contribution in [0, 0.1) is 12.7 Å². The summed E-state index contributed by atoms with van der Waals surface area (Å²) in [5.74, 6) is -1.55. The van der Waals surface area contributed by atoms with Crippen LogP contribution >= 0.6 is 0 Å². The molecular weight excluding hydrogens is 333 g/mol. The molecule has 0 radical (unpaired) electrons. The van der Waals surface area contributed by atoms with Crippen molar-refractivity contribution in [1.82, 2.24) is 4.98 Å². The second kappa shape index (κ2) is 7.44. The van der Waals surface area contributed by atoms with Crippen LogP contribution in [0.4, 0.5) is 4.39 Å². The molecule has 0 N–H and O–H groups in total. The summed E-state index contributed by atoms with van der Waals surface area (Å²) < 4.78 is 18.5. The van der Waals surface area contributed by atoms with Gasteiger partial charge in [0, 0.05) is 16.6 Å². The SMILES string of the molecule is CCc1nc2ccccc2c(C(=O)OCC(=O)c2cccc(F)c2)c1C. The van der Waals surface area contributed by atoms with E-state index in [0.717, 1.165) is 17.3 Å². The molecule has 0 atom stereocenters. The van der Waals surface area contributed by atoms with Gasteiger partial charge in [-0.2, -0.15) is 0 Å². The van der Waals surface area contributed by atoms with Crippen molar-refractivity contribution in [2.45, 2.75) is 20.3 Å². The first-order valence-corrected chi connectivity index (χ1v) is 8.35. The van der Waals surface area contributed by atoms with E-state index < -0.39 is 24.2 Å². The lowest BCUT2D eigenvalue weighted by Gasteiger charge is -2.13. The topological polar surface area (TPSA) is 56.3 Å². The Hall–Kier alpha value is -3.08. The number of rotatable bonds is 5. The van der Waals surface area contributed by atoms with Gasteiger partial charge in [-0.3, -0.25) is 9.78 Å². The summed E-state index contributed by atoms with van der Waals surface area (Å²) >= 11 is 0. The van der Waals surface area contributed by atoms with Crippen molar-refractivity contribution in [1.29, 1.82) is 0 Å². The number of hydrogen-bond donors (Lipinski definition) is 0. The van der Waals surface area contributed by atoms with Crippen molar-refractivity contribution in [2.24, 2.45) is 0 Å². The van der Waals surface area contributed by atoms with Crippen LogP contribution < -0.4 is 0 Å². The highest BCUT2D eigenvalue weighted by Crippen LogP contribution is 2.24. The predicted octanol–water partition coefficient (Wildman–Crippen LogP) is 4.28. The summed E-state index contributed by atoms with van der Waals surface area (Å²) in [6, 6.07) is 12.6. The Morgan fingerprint density at radius 1 is 1.12 bits per heavy atom. The maximum absolute atomic E-state index is 13.2. The summed E-state index contributed by atoms with van der Waals surface area (Å²) in [6.45, 7) is 3.34. The Morgan fingerprint density at radius 2 is 1.88 bits per heavy atom. The van der Waals surface area contributed by atoms with E-state index >= 15 is 0 Å². The summed E-state index contributed by atoms with van der Waals surface area (Å²) in [5.41, 5.74) is 2.85. The van der Waals surface area contributed by atoms with Gasteiger partial charge in [-0.25, -0.2) is 9.18 Å². The zero-order valence-corrected chi connectivity index (χ0v) is 14.6. The molecule has 0 spiro atoms. The number of esters is 1. The number of fused-ring (bicyclic) bond motifs is 1. The second-order valence-electron chi connectivity index (χ2n) is 5.94. The van der Waals surface area contributed by atoms with E-state index in [4.69, 9.17) is 4.74 Å². The molecule has 3 rings (SSSR count). The smallest absolute Gasteiger partial charge is 0.339 e. The van der Waals surface area contributed by atoms with Crippen LogP contribution in [0.3, 0.4) is 0 Å². The Morgan fingerprint density at radius 3 is 2.62 bits per heavy atom. The number of aryl methyl sites for hydroxylation is 1. The highest BCUT2D eigenvalue weighted by atomic mass is 19.1. The molecule has 4 nitrogen and oxygen atoms in total. The van der Waals surface area contributed by atoms with Gasteiger partial charge < -0.3 is 4.74 Å². The molecule has 0 fully saturated rings. The fourth-order valence-electron chi connectivity index (χ4n) is 2.91. The quantitative estimate of drug-likeness (QED) is 0.508. The third-order valence-electron chi connectivity index (χ3n) is 4.26. The van der Waals surface area contributed by atoms with Crippen LogP contribution in [0.25, 0.3) is 10.9 Å². The molecule has 132 valence electrons. The third kappa shape index (κ3) is 3.47. The van der Waals surface area contributed by atoms with Gasteiger partial charge in [0.2, 0.25) is 0 Å². The van der Waals surface area contributed by atoms with Crippen molar-refractivity contribution in [3.8, 4) is 0 Å². The van der Waals surface area contributed by atoms with Gasteiger partial charge in [-0.05, 0) is 37.1 Å². The number of nitrogens with zero attached hydrogens (tertiary/aromatic N) is 1. The first-order valence-electron chi connectivity index (χ1n) is 8.35. The fourth-order valence-corrected chi connectivity index (χ4v) is 2.91. The van der Waals surface area contributed by atoms with Crippen LogP contribution in [0.5, 0.6) is 0 Å². The maximum atomic E-state index is 13.2. The number of carbonyl (C=O) groups excluding carboxylic acids is 2. The van der Waals surface area contributed by atoms with E-state index in [9.17, 15) is 14.0 Å². The molecule has 2 aromatic carbocycles. The number of Topliss-reactive ketones (excluding diaryl/α,β-unsaturated/α-hetero) is 1. The molecule has 0 amide bonds. The number of ketones is 1. The van der Waals surface area contributed by atoms with Gasteiger partial charge in [0.1, 0.15) is 5.82 Å². The van der Waals surface area contributed by atoms with Crippen molar-refractivity contribution in [3.05, 3.63) is 76.7 Å². The van der Waals surface area contributed by atoms with Crippen LogP contribution in [0.15, 0.2) is 48.5 Å². The minimum atomic E-state index is -0.583. The number of para-hydroxylation sites is 1. The van der Waals surface area contributed by atoms with Crippen molar-refractivity contribution in [2.75, 3.05) is 6.61 Å². The highest BCUT2D eigenvalue weighted by Gasteiger charge is 2.20. The normalized spacial score (nSPS) is 10.7. The zero-order valence-electron chi connectivity index (χ0n) is 14.6. The Balaban J connectivity index is 1.88. The average molecular weight is 351 g/mol. The van der Waals surface area contributed by atoms with Crippen LogP contribution in [0.1, 0.15) is 38.9 Å². The molecule has 1 aromatic heterocycles. The molecule has 0 bridgehead atoms. The van der Waals surface area contributed by atoms with Gasteiger partial charge in [-0.15, -0.1) is 0 Å². The number of halogens is 1. The van der Waals surface area contributed by atoms with E-state index in [1.54, 1.807) is 6.07 Å². The van der Waals surface area contributed by atoms with Gasteiger partial charge in [-0.1, -0.05) is 37.3 Å². The average Bonchev–Trinajstić information content (AvgIpc) is 2.65. The second-order valence-corrected chi connectivity index (χ2v) is 5.94. The number of aromatic nitrogens is 1. The van der Waals surface area contributed by atoms with Gasteiger partial charge >= 0.3 is 5.97 Å². The van der Waals surface area contributed by atoms with Crippen LogP contribution in [-0.4, -0.2) is 23.3 Å². The zero-order chi connectivity index (χ0) is 18.7. The first-order chi connectivity index (χ1) is 12.5. The minimum Gasteiger partial charge on any atom is -0.454 e. The molecule has 1 heterocycles. The van der Waals surface area contributed by atoms with Gasteiger partial charge in [0.15, 0.2) is 12.4 Å². The number of pyridine rings is 1. The van der Waals surface area contributed by atoms with E-state index in [1.807, 2.05) is 32.0 Å². The van der Waals surface area contributed by atoms with Crippen molar-refractivity contribution < 1.29 is 18.7 Å². The summed E-state index contributed by atoms with van der Waals surface area (Å²) in [5, 5.41) is 0.686. The molecule has 0 saturated carbocycles. The molecule has 5 heteroatoms. The van der Waals surface area contributed by atoms with E-state index in [1.165, 1.54) is 18.2 Å². The lowest BCUT2D eigenvalue weighted by atomic mass is 10.0. The lowest BCUT2D eigenvalue weighted by Crippen LogP contribution is -2.16. The highest BCUT2D eigenvalue weighted by molar-refractivity contribution is 6.06. The summed E-state index contributed by atoms with van der Waals surface area (Å²) in [6.07, 6.45) is 0.680. The maximum Gasteiger partial charge on any atom is 0.339 e. The monoisotopic (exact) mass is 351 g/mol. The van der Waals surface area contributed by atoms with Crippen LogP contribution in [0.2, 0.25) is 0 Å². The molecule has 0 aliphatic carbocycles. The number of carbonyl (C=O) groups is 2. The molecule has 26 heavy (non-hydrogen) atoms. The Labute approximate surface area is 150 Å². The number of benzene rings is 2. The van der Waals surface area contributed by atoms with E-state index in [-0.39, 0.29) is 5.56 Å². The first kappa shape index (κ1) is 17.7. The van der Waals surface area contributed by atoms with E-state index in [0.29, 0.717) is 22.9 Å². The number of ether oxygens (including phenoxy) is 1. The molecule has 0 aliphatic rings. The van der Waals surface area contributed by atoms with E-state index in [2.05, 4.69) is 4.98 Å². The Kier molecular flexibility index (Phi) is 5.07. The largest absolute Gasteiger partial charge is 0.454 e. The Bertz CT molecular complexity index is 998. The molecule has 0 aliphatic heterocycles. The van der Waals surface area contributed by atoms with Gasteiger partial charge in [0.25, 0.3) is 0 Å². The minimum absolute atomic E-state index is 0.170. The molecular formula is C21H18FNO3. The summed E-state index contributed by atoms with van der Waals surface area (Å²) in [7, 11) is 0. The van der Waals surface area contributed by atoms with Crippen molar-refractivity contribution >= 4 is 22.7 Å². The number of hydrogen-bond acceptors (Lipinski definition) is 4. The molecule has 0 saturated heterocycles. The van der Waals surface area contributed by atoms with Crippen molar-refractivity contribution in [3.63, 3.8) is 0 Å².